The van der Waals surface area contributed by atoms with E-state index in [2.05, 4.69) is 5.32 Å². The lowest BCUT2D eigenvalue weighted by atomic mass is 10.0. The second kappa shape index (κ2) is 4.04. The smallest absolute Gasteiger partial charge is 0.240 e. The molecule has 4 heteroatoms. The number of benzene rings is 1. The highest BCUT2D eigenvalue weighted by Gasteiger charge is 2.30. The number of amides is 1. The zero-order valence-corrected chi connectivity index (χ0v) is 10.4. The number of rotatable bonds is 2. The number of carbonyl (C=O) groups is 1. The molecule has 0 radical (unpaired) electrons. The van der Waals surface area contributed by atoms with Gasteiger partial charge in [-0.25, -0.2) is 0 Å². The van der Waals surface area contributed by atoms with E-state index in [0.717, 1.165) is 23.4 Å². The maximum Gasteiger partial charge on any atom is 0.240 e. The van der Waals surface area contributed by atoms with E-state index in [9.17, 15) is 4.79 Å². The first kappa shape index (κ1) is 11.9. The Morgan fingerprint density at radius 2 is 2.24 bits per heavy atom. The molecule has 0 aromatic heterocycles. The van der Waals surface area contributed by atoms with Gasteiger partial charge in [0.25, 0.3) is 0 Å². The number of nitrogens with two attached hydrogens (primary N) is 1. The van der Waals surface area contributed by atoms with Gasteiger partial charge >= 0.3 is 0 Å². The Labute approximate surface area is 101 Å². The molecule has 1 amide bonds. The lowest BCUT2D eigenvalue weighted by Crippen LogP contribution is -2.32. The van der Waals surface area contributed by atoms with E-state index in [1.165, 1.54) is 0 Å². The van der Waals surface area contributed by atoms with E-state index in [0.29, 0.717) is 0 Å². The van der Waals surface area contributed by atoms with Gasteiger partial charge in [-0.1, -0.05) is 0 Å². The molecule has 0 bridgehead atoms. The van der Waals surface area contributed by atoms with Gasteiger partial charge in [-0.15, -0.1) is 0 Å². The first-order chi connectivity index (χ1) is 7.87. The molecule has 1 aromatic rings. The molecule has 1 aromatic carbocycles. The zero-order chi connectivity index (χ0) is 12.6. The highest BCUT2D eigenvalue weighted by Crippen LogP contribution is 2.36. The Balaban J connectivity index is 2.17. The number of hydrogen-bond acceptors (Lipinski definition) is 3. The normalized spacial score (nSPS) is 18.1. The SMILES string of the molecule is C[C@@H](N)C(=O)Nc1ccc2c(c1)CC(C)(C)O2. The van der Waals surface area contributed by atoms with E-state index in [4.69, 9.17) is 10.5 Å². The van der Waals surface area contributed by atoms with Crippen LogP contribution >= 0.6 is 0 Å². The van der Waals surface area contributed by atoms with Gasteiger partial charge in [0.05, 0.1) is 6.04 Å². The molecule has 0 spiro atoms. The maximum absolute atomic E-state index is 11.5. The van der Waals surface area contributed by atoms with Gasteiger partial charge in [-0.2, -0.15) is 0 Å². The molecule has 4 nitrogen and oxygen atoms in total. The number of hydrogen-bond donors (Lipinski definition) is 2. The highest BCUT2D eigenvalue weighted by molar-refractivity contribution is 5.94. The third kappa shape index (κ3) is 2.58. The van der Waals surface area contributed by atoms with Crippen molar-refractivity contribution in [3.8, 4) is 5.75 Å². The molecule has 3 N–H and O–H groups in total. The van der Waals surface area contributed by atoms with Crippen LogP contribution in [0.5, 0.6) is 5.75 Å². The Hall–Kier alpha value is -1.55. The Kier molecular flexibility index (Phi) is 2.83. The average Bonchev–Trinajstić information content (AvgIpc) is 2.50. The average molecular weight is 234 g/mol. The van der Waals surface area contributed by atoms with Crippen LogP contribution in [0.3, 0.4) is 0 Å². The van der Waals surface area contributed by atoms with Crippen LogP contribution in [0.1, 0.15) is 26.3 Å². The summed E-state index contributed by atoms with van der Waals surface area (Å²) in [6, 6.07) is 5.17. The summed E-state index contributed by atoms with van der Waals surface area (Å²) in [6.45, 7) is 5.76. The third-order valence-corrected chi connectivity index (χ3v) is 2.74. The monoisotopic (exact) mass is 234 g/mol. The topological polar surface area (TPSA) is 64.4 Å². The highest BCUT2D eigenvalue weighted by atomic mass is 16.5. The molecule has 1 aliphatic heterocycles. The zero-order valence-electron chi connectivity index (χ0n) is 10.4. The van der Waals surface area contributed by atoms with E-state index in [1.54, 1.807) is 6.92 Å². The van der Waals surface area contributed by atoms with Crippen LogP contribution in [0.4, 0.5) is 5.69 Å². The Morgan fingerprint density at radius 3 is 2.88 bits per heavy atom. The summed E-state index contributed by atoms with van der Waals surface area (Å²) in [5, 5.41) is 2.78. The first-order valence-electron chi connectivity index (χ1n) is 5.76. The minimum Gasteiger partial charge on any atom is -0.487 e. The lowest BCUT2D eigenvalue weighted by molar-refractivity contribution is -0.117. The van der Waals surface area contributed by atoms with Gasteiger partial charge < -0.3 is 15.8 Å². The van der Waals surface area contributed by atoms with Crippen LogP contribution in [-0.4, -0.2) is 17.6 Å². The molecule has 17 heavy (non-hydrogen) atoms. The van der Waals surface area contributed by atoms with Crippen LogP contribution in [0.15, 0.2) is 18.2 Å². The van der Waals surface area contributed by atoms with E-state index >= 15 is 0 Å². The number of ether oxygens (including phenoxy) is 1. The quantitative estimate of drug-likeness (QED) is 0.818. The summed E-state index contributed by atoms with van der Waals surface area (Å²) in [5.41, 5.74) is 7.24. The Bertz CT molecular complexity index is 453. The summed E-state index contributed by atoms with van der Waals surface area (Å²) in [5.74, 6) is 0.719. The van der Waals surface area contributed by atoms with Crippen LogP contribution in [-0.2, 0) is 11.2 Å². The van der Waals surface area contributed by atoms with Gasteiger partial charge in [0, 0.05) is 17.7 Å². The summed E-state index contributed by atoms with van der Waals surface area (Å²) in [4.78, 5) is 11.5. The maximum atomic E-state index is 11.5. The number of anilines is 1. The molecular weight excluding hydrogens is 216 g/mol. The largest absolute Gasteiger partial charge is 0.487 e. The van der Waals surface area contributed by atoms with Crippen LogP contribution in [0.25, 0.3) is 0 Å². The summed E-state index contributed by atoms with van der Waals surface area (Å²) in [7, 11) is 0. The van der Waals surface area contributed by atoms with E-state index < -0.39 is 6.04 Å². The second-order valence-electron chi connectivity index (χ2n) is 5.14. The summed E-state index contributed by atoms with van der Waals surface area (Å²) < 4.78 is 5.76. The fourth-order valence-electron chi connectivity index (χ4n) is 1.94. The predicted molar refractivity (Wildman–Crippen MR) is 67.1 cm³/mol. The van der Waals surface area contributed by atoms with Crippen molar-refractivity contribution < 1.29 is 9.53 Å². The fraction of sp³-hybridized carbons (Fsp3) is 0.462. The van der Waals surface area contributed by atoms with Crippen molar-refractivity contribution in [2.24, 2.45) is 5.73 Å². The number of fused-ring (bicyclic) bond motifs is 1. The van der Waals surface area contributed by atoms with Crippen LogP contribution < -0.4 is 15.8 Å². The van der Waals surface area contributed by atoms with Crippen LogP contribution in [0, 0.1) is 0 Å². The van der Waals surface area contributed by atoms with Gasteiger partial charge in [0.1, 0.15) is 11.4 Å². The molecule has 0 saturated carbocycles. The minimum absolute atomic E-state index is 0.161. The number of carbonyl (C=O) groups excluding carboxylic acids is 1. The van der Waals surface area contributed by atoms with Crippen LogP contribution in [0.2, 0.25) is 0 Å². The van der Waals surface area contributed by atoms with Gasteiger partial charge in [0.2, 0.25) is 5.91 Å². The van der Waals surface area contributed by atoms with Gasteiger partial charge in [-0.3, -0.25) is 4.79 Å². The molecule has 0 unspecified atom stereocenters. The van der Waals surface area contributed by atoms with E-state index in [-0.39, 0.29) is 11.5 Å². The molecule has 1 aliphatic rings. The molecule has 0 aliphatic carbocycles. The van der Waals surface area contributed by atoms with Gasteiger partial charge in [-0.05, 0) is 39.0 Å². The van der Waals surface area contributed by atoms with Crippen molar-refractivity contribution in [2.45, 2.75) is 38.8 Å². The van der Waals surface area contributed by atoms with Crippen molar-refractivity contribution in [1.29, 1.82) is 0 Å². The minimum atomic E-state index is -0.504. The Morgan fingerprint density at radius 1 is 1.53 bits per heavy atom. The molecule has 0 saturated heterocycles. The molecular formula is C13H18N2O2. The van der Waals surface area contributed by atoms with Crippen molar-refractivity contribution in [2.75, 3.05) is 5.32 Å². The molecule has 92 valence electrons. The lowest BCUT2D eigenvalue weighted by Gasteiger charge is -2.16. The first-order valence-corrected chi connectivity index (χ1v) is 5.76. The van der Waals surface area contributed by atoms with Crippen molar-refractivity contribution in [3.63, 3.8) is 0 Å². The molecule has 1 atom stereocenters. The molecule has 0 fully saturated rings. The third-order valence-electron chi connectivity index (χ3n) is 2.74. The second-order valence-corrected chi connectivity index (χ2v) is 5.14. The van der Waals surface area contributed by atoms with Crippen molar-refractivity contribution in [1.82, 2.24) is 0 Å². The predicted octanol–water partition coefficient (Wildman–Crippen LogP) is 1.69. The van der Waals surface area contributed by atoms with Crippen molar-refractivity contribution >= 4 is 11.6 Å². The fourth-order valence-corrected chi connectivity index (χ4v) is 1.94. The summed E-state index contributed by atoms with van der Waals surface area (Å²) in [6.07, 6.45) is 0.851. The number of nitrogens with one attached hydrogen (secondary N) is 1. The standard InChI is InChI=1S/C13H18N2O2/c1-8(14)12(16)15-10-4-5-11-9(6-10)7-13(2,3)17-11/h4-6,8H,7,14H2,1-3H3,(H,15,16)/t8-/m1/s1. The van der Waals surface area contributed by atoms with Gasteiger partial charge in [0.15, 0.2) is 0 Å². The van der Waals surface area contributed by atoms with Crippen molar-refractivity contribution in [3.05, 3.63) is 23.8 Å². The summed E-state index contributed by atoms with van der Waals surface area (Å²) >= 11 is 0. The molecule has 1 heterocycles. The molecule has 2 rings (SSSR count). The van der Waals surface area contributed by atoms with E-state index in [1.807, 2.05) is 32.0 Å².